The number of hydrogen-bond donors (Lipinski definition) is 1. The van der Waals surface area contributed by atoms with Crippen molar-refractivity contribution in [3.8, 4) is 0 Å². The molecule has 0 saturated carbocycles. The van der Waals surface area contributed by atoms with E-state index >= 15 is 0 Å². The highest BCUT2D eigenvalue weighted by Gasteiger charge is 2.23. The molecule has 3 nitrogen and oxygen atoms in total. The van der Waals surface area contributed by atoms with Crippen molar-refractivity contribution < 1.29 is 9.13 Å². The van der Waals surface area contributed by atoms with Gasteiger partial charge in [-0.1, -0.05) is 12.1 Å². The third kappa shape index (κ3) is 4.27. The molecular formula is C15H23FN2O. The zero-order valence-corrected chi connectivity index (χ0v) is 11.7. The summed E-state index contributed by atoms with van der Waals surface area (Å²) in [6.07, 6.45) is 0.260. The van der Waals surface area contributed by atoms with Crippen LogP contribution in [-0.4, -0.2) is 43.8 Å². The number of nitrogens with one attached hydrogen (secondary N) is 1. The molecule has 1 fully saturated rings. The van der Waals surface area contributed by atoms with E-state index in [0.29, 0.717) is 0 Å². The first kappa shape index (κ1) is 14.4. The Hall–Kier alpha value is -0.970. The Morgan fingerprint density at radius 2 is 2.32 bits per heavy atom. The zero-order chi connectivity index (χ0) is 13.7. The molecule has 0 aromatic heterocycles. The molecule has 0 radical (unpaired) electrons. The molecule has 1 unspecified atom stereocenters. The molecule has 0 amide bonds. The van der Waals surface area contributed by atoms with Gasteiger partial charge in [-0.25, -0.2) is 4.39 Å². The quantitative estimate of drug-likeness (QED) is 0.884. The summed E-state index contributed by atoms with van der Waals surface area (Å²) in [5, 5.41) is 3.38. The normalized spacial score (nSPS) is 20.9. The van der Waals surface area contributed by atoms with Gasteiger partial charge in [0.05, 0.1) is 12.7 Å². The highest BCUT2D eigenvalue weighted by atomic mass is 19.1. The van der Waals surface area contributed by atoms with Crippen molar-refractivity contribution in [2.24, 2.45) is 0 Å². The molecule has 1 saturated heterocycles. The van der Waals surface area contributed by atoms with Gasteiger partial charge < -0.3 is 10.1 Å². The first-order valence-electron chi connectivity index (χ1n) is 6.98. The van der Waals surface area contributed by atoms with Crippen molar-refractivity contribution in [3.63, 3.8) is 0 Å². The summed E-state index contributed by atoms with van der Waals surface area (Å²) in [4.78, 5) is 2.37. The summed E-state index contributed by atoms with van der Waals surface area (Å²) >= 11 is 0. The van der Waals surface area contributed by atoms with Crippen LogP contribution in [0.5, 0.6) is 0 Å². The third-order valence-electron chi connectivity index (χ3n) is 3.42. The maximum Gasteiger partial charge on any atom is 0.123 e. The molecular weight excluding hydrogens is 243 g/mol. The van der Waals surface area contributed by atoms with E-state index in [9.17, 15) is 4.39 Å². The summed E-state index contributed by atoms with van der Waals surface area (Å²) in [5.41, 5.74) is 1.04. The van der Waals surface area contributed by atoms with Crippen LogP contribution in [0.1, 0.15) is 25.5 Å². The molecule has 1 N–H and O–H groups in total. The maximum absolute atomic E-state index is 13.3. The molecule has 0 bridgehead atoms. The van der Waals surface area contributed by atoms with Crippen LogP contribution < -0.4 is 5.32 Å². The average molecular weight is 266 g/mol. The lowest BCUT2D eigenvalue weighted by Crippen LogP contribution is -2.47. The monoisotopic (exact) mass is 266 g/mol. The molecule has 1 atom stereocenters. The van der Waals surface area contributed by atoms with Crippen LogP contribution in [0.3, 0.4) is 0 Å². The Morgan fingerprint density at radius 3 is 3.05 bits per heavy atom. The van der Waals surface area contributed by atoms with Gasteiger partial charge in [0.25, 0.3) is 0 Å². The molecule has 0 spiro atoms. The van der Waals surface area contributed by atoms with E-state index < -0.39 is 0 Å². The Bertz CT molecular complexity index is 397. The fourth-order valence-corrected chi connectivity index (χ4v) is 2.46. The predicted octanol–water partition coefficient (Wildman–Crippen LogP) is 2.20. The fourth-order valence-electron chi connectivity index (χ4n) is 2.46. The van der Waals surface area contributed by atoms with Crippen LogP contribution in [0, 0.1) is 5.82 Å². The van der Waals surface area contributed by atoms with Gasteiger partial charge in [0.1, 0.15) is 5.82 Å². The molecule has 1 heterocycles. The van der Waals surface area contributed by atoms with Gasteiger partial charge in [0.2, 0.25) is 0 Å². The first-order chi connectivity index (χ1) is 9.16. The maximum atomic E-state index is 13.3. The van der Waals surface area contributed by atoms with E-state index in [1.54, 1.807) is 12.1 Å². The zero-order valence-electron chi connectivity index (χ0n) is 11.7. The standard InChI is InChI=1S/C15H23FN2O/c1-12(2)19-9-8-18-7-6-17-11-15(18)13-4-3-5-14(16)10-13/h3-5,10,12,15,17H,6-9,11H2,1-2H3. The lowest BCUT2D eigenvalue weighted by atomic mass is 10.0. The van der Waals surface area contributed by atoms with Gasteiger partial charge in [-0.2, -0.15) is 0 Å². The molecule has 19 heavy (non-hydrogen) atoms. The van der Waals surface area contributed by atoms with Crippen LogP contribution >= 0.6 is 0 Å². The van der Waals surface area contributed by atoms with E-state index in [-0.39, 0.29) is 18.0 Å². The second-order valence-electron chi connectivity index (χ2n) is 5.23. The van der Waals surface area contributed by atoms with Crippen LogP contribution in [0.15, 0.2) is 24.3 Å². The molecule has 0 aliphatic carbocycles. The number of nitrogens with zero attached hydrogens (tertiary/aromatic N) is 1. The summed E-state index contributed by atoms with van der Waals surface area (Å²) in [6.45, 7) is 8.52. The number of rotatable bonds is 5. The number of hydrogen-bond acceptors (Lipinski definition) is 3. The van der Waals surface area contributed by atoms with Crippen LogP contribution in [0.2, 0.25) is 0 Å². The Morgan fingerprint density at radius 1 is 1.47 bits per heavy atom. The smallest absolute Gasteiger partial charge is 0.123 e. The second kappa shape index (κ2) is 6.98. The average Bonchev–Trinajstić information content (AvgIpc) is 2.39. The minimum atomic E-state index is -0.165. The molecule has 4 heteroatoms. The highest BCUT2D eigenvalue weighted by molar-refractivity contribution is 5.21. The summed E-state index contributed by atoms with van der Waals surface area (Å²) in [7, 11) is 0. The first-order valence-corrected chi connectivity index (χ1v) is 6.98. The predicted molar refractivity (Wildman–Crippen MR) is 74.7 cm³/mol. The molecule has 1 aromatic carbocycles. The van der Waals surface area contributed by atoms with E-state index in [4.69, 9.17) is 4.74 Å². The largest absolute Gasteiger partial charge is 0.377 e. The third-order valence-corrected chi connectivity index (χ3v) is 3.42. The number of benzene rings is 1. The van der Waals surface area contributed by atoms with Gasteiger partial charge in [-0.15, -0.1) is 0 Å². The Labute approximate surface area is 114 Å². The Kier molecular flexibility index (Phi) is 5.31. The minimum Gasteiger partial charge on any atom is -0.377 e. The summed E-state index contributed by atoms with van der Waals surface area (Å²) in [6, 6.07) is 7.14. The van der Waals surface area contributed by atoms with Gasteiger partial charge in [-0.05, 0) is 31.5 Å². The van der Waals surface area contributed by atoms with Crippen LogP contribution in [-0.2, 0) is 4.74 Å². The summed E-state index contributed by atoms with van der Waals surface area (Å²) in [5.74, 6) is -0.165. The van der Waals surface area contributed by atoms with Crippen molar-refractivity contribution in [2.75, 3.05) is 32.8 Å². The lowest BCUT2D eigenvalue weighted by Gasteiger charge is -2.36. The van der Waals surface area contributed by atoms with Gasteiger partial charge in [0, 0.05) is 32.2 Å². The van der Waals surface area contributed by atoms with E-state index in [1.165, 1.54) is 6.07 Å². The molecule has 1 aromatic rings. The van der Waals surface area contributed by atoms with Gasteiger partial charge in [-0.3, -0.25) is 4.90 Å². The second-order valence-corrected chi connectivity index (χ2v) is 5.23. The summed E-state index contributed by atoms with van der Waals surface area (Å²) < 4.78 is 19.0. The van der Waals surface area contributed by atoms with E-state index in [1.807, 2.05) is 19.9 Å². The highest BCUT2D eigenvalue weighted by Crippen LogP contribution is 2.22. The van der Waals surface area contributed by atoms with Crippen molar-refractivity contribution >= 4 is 0 Å². The van der Waals surface area contributed by atoms with Crippen molar-refractivity contribution in [2.45, 2.75) is 26.0 Å². The van der Waals surface area contributed by atoms with E-state index in [0.717, 1.165) is 38.3 Å². The Balaban J connectivity index is 1.99. The van der Waals surface area contributed by atoms with Gasteiger partial charge >= 0.3 is 0 Å². The van der Waals surface area contributed by atoms with Crippen LogP contribution in [0.25, 0.3) is 0 Å². The topological polar surface area (TPSA) is 24.5 Å². The number of ether oxygens (including phenoxy) is 1. The minimum absolute atomic E-state index is 0.165. The molecule has 1 aliphatic heterocycles. The molecule has 1 aliphatic rings. The van der Waals surface area contributed by atoms with Crippen molar-refractivity contribution in [1.82, 2.24) is 10.2 Å². The molecule has 2 rings (SSSR count). The van der Waals surface area contributed by atoms with Gasteiger partial charge in [0.15, 0.2) is 0 Å². The lowest BCUT2D eigenvalue weighted by molar-refractivity contribution is 0.0430. The molecule has 106 valence electrons. The fraction of sp³-hybridized carbons (Fsp3) is 0.600. The van der Waals surface area contributed by atoms with E-state index in [2.05, 4.69) is 10.2 Å². The SMILES string of the molecule is CC(C)OCCN1CCNCC1c1cccc(F)c1. The van der Waals surface area contributed by atoms with Crippen LogP contribution in [0.4, 0.5) is 4.39 Å². The van der Waals surface area contributed by atoms with Crippen molar-refractivity contribution in [3.05, 3.63) is 35.6 Å². The van der Waals surface area contributed by atoms with Crippen molar-refractivity contribution in [1.29, 1.82) is 0 Å². The number of piperazine rings is 1. The number of halogens is 1.